The van der Waals surface area contributed by atoms with Gasteiger partial charge in [-0.2, -0.15) is 0 Å². The zero-order chi connectivity index (χ0) is 16.1. The Hall–Kier alpha value is -2.29. The predicted molar refractivity (Wildman–Crippen MR) is 88.0 cm³/mol. The number of carboxylic acid groups (broad SMARTS) is 1. The number of hydrogen-bond donors (Lipinski definition) is 1. The van der Waals surface area contributed by atoms with Crippen LogP contribution in [0, 0.1) is 13.8 Å². The highest BCUT2D eigenvalue weighted by Crippen LogP contribution is 2.30. The molecule has 0 atom stereocenters. The molecule has 0 heterocycles. The van der Waals surface area contributed by atoms with E-state index in [9.17, 15) is 4.79 Å². The standard InChI is InChI=1S/C19H22O3/c1-4-5-6-15-11-13(2)18(14(3)12-15)22-17-9-7-16(8-10-17)19(20)21/h7-12H,4-6H2,1-3H3,(H,20,21). The summed E-state index contributed by atoms with van der Waals surface area (Å²) in [5.74, 6) is 0.569. The molecule has 0 aliphatic carbocycles. The molecular formula is C19H22O3. The fourth-order valence-electron chi connectivity index (χ4n) is 2.51. The molecule has 0 unspecified atom stereocenters. The number of carboxylic acids is 1. The van der Waals surface area contributed by atoms with Crippen molar-refractivity contribution in [2.45, 2.75) is 40.0 Å². The van der Waals surface area contributed by atoms with E-state index < -0.39 is 5.97 Å². The Morgan fingerprint density at radius 1 is 1.09 bits per heavy atom. The summed E-state index contributed by atoms with van der Waals surface area (Å²) in [6.07, 6.45) is 3.47. The van der Waals surface area contributed by atoms with E-state index in [-0.39, 0.29) is 5.56 Å². The summed E-state index contributed by atoms with van der Waals surface area (Å²) >= 11 is 0. The molecule has 1 N–H and O–H groups in total. The fraction of sp³-hybridized carbons (Fsp3) is 0.316. The summed E-state index contributed by atoms with van der Waals surface area (Å²) in [6, 6.07) is 10.8. The van der Waals surface area contributed by atoms with Crippen LogP contribution in [0.4, 0.5) is 0 Å². The van der Waals surface area contributed by atoms with E-state index >= 15 is 0 Å². The van der Waals surface area contributed by atoms with Gasteiger partial charge in [0.05, 0.1) is 5.56 Å². The van der Waals surface area contributed by atoms with E-state index in [1.807, 2.05) is 13.8 Å². The first-order valence-electron chi connectivity index (χ1n) is 7.62. The Kier molecular flexibility index (Phi) is 5.21. The van der Waals surface area contributed by atoms with Gasteiger partial charge in [0, 0.05) is 0 Å². The summed E-state index contributed by atoms with van der Waals surface area (Å²) in [5, 5.41) is 8.91. The molecular weight excluding hydrogens is 276 g/mol. The Morgan fingerprint density at radius 2 is 1.68 bits per heavy atom. The number of ether oxygens (including phenoxy) is 1. The second-order valence-electron chi connectivity index (χ2n) is 5.59. The van der Waals surface area contributed by atoms with Gasteiger partial charge in [0.25, 0.3) is 0 Å². The van der Waals surface area contributed by atoms with Crippen molar-refractivity contribution >= 4 is 5.97 Å². The first kappa shape index (κ1) is 16.1. The molecule has 2 rings (SSSR count). The largest absolute Gasteiger partial charge is 0.478 e. The van der Waals surface area contributed by atoms with E-state index in [0.717, 1.165) is 23.3 Å². The second-order valence-corrected chi connectivity index (χ2v) is 5.59. The van der Waals surface area contributed by atoms with Gasteiger partial charge in [-0.25, -0.2) is 4.79 Å². The molecule has 2 aromatic rings. The molecule has 0 amide bonds. The van der Waals surface area contributed by atoms with E-state index in [2.05, 4.69) is 19.1 Å². The van der Waals surface area contributed by atoms with Gasteiger partial charge in [-0.1, -0.05) is 25.5 Å². The highest BCUT2D eigenvalue weighted by Gasteiger charge is 2.09. The maximum Gasteiger partial charge on any atom is 0.335 e. The molecule has 3 nitrogen and oxygen atoms in total. The number of unbranched alkanes of at least 4 members (excludes halogenated alkanes) is 1. The normalized spacial score (nSPS) is 10.5. The van der Waals surface area contributed by atoms with Crippen molar-refractivity contribution in [3.63, 3.8) is 0 Å². The van der Waals surface area contributed by atoms with E-state index in [0.29, 0.717) is 5.75 Å². The molecule has 116 valence electrons. The summed E-state index contributed by atoms with van der Waals surface area (Å²) in [5.41, 5.74) is 3.81. The molecule has 3 heteroatoms. The highest BCUT2D eigenvalue weighted by atomic mass is 16.5. The van der Waals surface area contributed by atoms with E-state index in [1.165, 1.54) is 18.4 Å². The minimum atomic E-state index is -0.931. The Morgan fingerprint density at radius 3 is 2.18 bits per heavy atom. The third-order valence-electron chi connectivity index (χ3n) is 3.66. The Balaban J connectivity index is 2.20. The van der Waals surface area contributed by atoms with Crippen LogP contribution in [0.25, 0.3) is 0 Å². The SMILES string of the molecule is CCCCc1cc(C)c(Oc2ccc(C(=O)O)cc2)c(C)c1. The highest BCUT2D eigenvalue weighted by molar-refractivity contribution is 5.87. The molecule has 0 saturated heterocycles. The van der Waals surface area contributed by atoms with Crippen LogP contribution in [0.3, 0.4) is 0 Å². The molecule has 22 heavy (non-hydrogen) atoms. The first-order chi connectivity index (χ1) is 10.5. The van der Waals surface area contributed by atoms with Crippen molar-refractivity contribution in [1.29, 1.82) is 0 Å². The van der Waals surface area contributed by atoms with Gasteiger partial charge >= 0.3 is 5.97 Å². The van der Waals surface area contributed by atoms with Gasteiger partial charge in [0.1, 0.15) is 11.5 Å². The van der Waals surface area contributed by atoms with E-state index in [1.54, 1.807) is 24.3 Å². The van der Waals surface area contributed by atoms with Crippen molar-refractivity contribution in [2.24, 2.45) is 0 Å². The Labute approximate surface area is 131 Å². The van der Waals surface area contributed by atoms with Crippen molar-refractivity contribution in [2.75, 3.05) is 0 Å². The molecule has 0 aromatic heterocycles. The van der Waals surface area contributed by atoms with Gasteiger partial charge in [-0.15, -0.1) is 0 Å². The number of aromatic carboxylic acids is 1. The minimum absolute atomic E-state index is 0.260. The third-order valence-corrected chi connectivity index (χ3v) is 3.66. The molecule has 0 radical (unpaired) electrons. The number of rotatable bonds is 6. The Bertz CT molecular complexity index is 634. The van der Waals surface area contributed by atoms with Crippen LogP contribution in [0.15, 0.2) is 36.4 Å². The maximum absolute atomic E-state index is 10.9. The molecule has 0 aliphatic rings. The zero-order valence-electron chi connectivity index (χ0n) is 13.3. The van der Waals surface area contributed by atoms with Crippen LogP contribution in [0.5, 0.6) is 11.5 Å². The smallest absolute Gasteiger partial charge is 0.335 e. The van der Waals surface area contributed by atoms with Gasteiger partial charge < -0.3 is 9.84 Å². The molecule has 0 aliphatic heterocycles. The summed E-state index contributed by atoms with van der Waals surface area (Å²) in [7, 11) is 0. The summed E-state index contributed by atoms with van der Waals surface area (Å²) < 4.78 is 5.94. The summed E-state index contributed by atoms with van der Waals surface area (Å²) in [6.45, 7) is 6.28. The fourth-order valence-corrected chi connectivity index (χ4v) is 2.51. The third kappa shape index (κ3) is 3.88. The van der Waals surface area contributed by atoms with Gasteiger partial charge in [0.2, 0.25) is 0 Å². The van der Waals surface area contributed by atoms with Crippen LogP contribution in [-0.2, 0) is 6.42 Å². The molecule has 0 bridgehead atoms. The second kappa shape index (κ2) is 7.12. The number of benzene rings is 2. The first-order valence-corrected chi connectivity index (χ1v) is 7.62. The lowest BCUT2D eigenvalue weighted by atomic mass is 10.0. The molecule has 0 spiro atoms. The maximum atomic E-state index is 10.9. The van der Waals surface area contributed by atoms with Crippen LogP contribution < -0.4 is 4.74 Å². The van der Waals surface area contributed by atoms with Crippen molar-refractivity contribution < 1.29 is 14.6 Å². The van der Waals surface area contributed by atoms with Crippen molar-refractivity contribution in [3.8, 4) is 11.5 Å². The molecule has 2 aromatic carbocycles. The lowest BCUT2D eigenvalue weighted by Gasteiger charge is -2.14. The average molecular weight is 298 g/mol. The zero-order valence-corrected chi connectivity index (χ0v) is 13.3. The average Bonchev–Trinajstić information content (AvgIpc) is 2.49. The van der Waals surface area contributed by atoms with Gasteiger partial charge in [-0.05, 0) is 67.6 Å². The van der Waals surface area contributed by atoms with Crippen LogP contribution in [0.2, 0.25) is 0 Å². The molecule has 0 saturated carbocycles. The molecule has 0 fully saturated rings. The quantitative estimate of drug-likeness (QED) is 0.803. The van der Waals surface area contributed by atoms with Gasteiger partial charge in [-0.3, -0.25) is 0 Å². The van der Waals surface area contributed by atoms with Crippen LogP contribution >= 0.6 is 0 Å². The summed E-state index contributed by atoms with van der Waals surface area (Å²) in [4.78, 5) is 10.9. The topological polar surface area (TPSA) is 46.5 Å². The van der Waals surface area contributed by atoms with Crippen molar-refractivity contribution in [3.05, 3.63) is 58.7 Å². The minimum Gasteiger partial charge on any atom is -0.478 e. The van der Waals surface area contributed by atoms with Gasteiger partial charge in [0.15, 0.2) is 0 Å². The predicted octanol–water partition coefficient (Wildman–Crippen LogP) is 5.14. The lowest BCUT2D eigenvalue weighted by Crippen LogP contribution is -1.97. The van der Waals surface area contributed by atoms with Crippen molar-refractivity contribution in [1.82, 2.24) is 0 Å². The number of aryl methyl sites for hydroxylation is 3. The lowest BCUT2D eigenvalue weighted by molar-refractivity contribution is 0.0697. The van der Waals surface area contributed by atoms with E-state index in [4.69, 9.17) is 9.84 Å². The monoisotopic (exact) mass is 298 g/mol. The van der Waals surface area contributed by atoms with Crippen LogP contribution in [0.1, 0.15) is 46.8 Å². The van der Waals surface area contributed by atoms with Crippen LogP contribution in [-0.4, -0.2) is 11.1 Å². The number of hydrogen-bond acceptors (Lipinski definition) is 2. The number of carbonyl (C=O) groups is 1.